The minimum atomic E-state index is -1.02. The van der Waals surface area contributed by atoms with Gasteiger partial charge in [-0.1, -0.05) is 0 Å². The van der Waals surface area contributed by atoms with Crippen molar-refractivity contribution >= 4 is 23.5 Å². The largest absolute Gasteiger partial charge is 0.465 e. The number of aromatic nitrogens is 1. The van der Waals surface area contributed by atoms with Crippen molar-refractivity contribution in [1.82, 2.24) is 9.88 Å². The lowest BCUT2D eigenvalue weighted by Crippen LogP contribution is -2.61. The number of aliphatic hydroxyl groups excluding tert-OH is 1. The third-order valence-electron chi connectivity index (χ3n) is 3.59. The third-order valence-corrected chi connectivity index (χ3v) is 3.59. The van der Waals surface area contributed by atoms with Gasteiger partial charge in [0.2, 0.25) is 5.91 Å². The number of carboxylic acid groups (broad SMARTS) is 1. The van der Waals surface area contributed by atoms with Gasteiger partial charge in [0.15, 0.2) is 5.82 Å². The second-order valence-electron chi connectivity index (χ2n) is 4.80. The molecule has 8 heteroatoms. The van der Waals surface area contributed by atoms with E-state index in [9.17, 15) is 9.59 Å². The van der Waals surface area contributed by atoms with Crippen LogP contribution in [0.4, 0.5) is 16.3 Å². The Balaban J connectivity index is 1.93. The van der Waals surface area contributed by atoms with Gasteiger partial charge in [-0.05, 0) is 11.6 Å². The molecule has 0 aromatic carbocycles. The molecule has 2 amide bonds. The summed E-state index contributed by atoms with van der Waals surface area (Å²) in [5.41, 5.74) is 1.17. The number of hydrogen-bond donors (Lipinski definition) is 3. The lowest BCUT2D eigenvalue weighted by atomic mass is 10.1. The third kappa shape index (κ3) is 1.94. The summed E-state index contributed by atoms with van der Waals surface area (Å²) in [5, 5.41) is 20.8. The summed E-state index contributed by atoms with van der Waals surface area (Å²) in [6, 6.07) is 1.12. The molecule has 2 aliphatic heterocycles. The number of carbonyl (C=O) groups excluding carboxylic acids is 1. The highest BCUT2D eigenvalue weighted by atomic mass is 16.4. The molecule has 0 aliphatic carbocycles. The van der Waals surface area contributed by atoms with Crippen molar-refractivity contribution in [2.45, 2.75) is 12.6 Å². The van der Waals surface area contributed by atoms with Gasteiger partial charge in [0, 0.05) is 19.3 Å². The number of fused-ring (bicyclic) bond motifs is 3. The van der Waals surface area contributed by atoms with Crippen molar-refractivity contribution in [2.24, 2.45) is 0 Å². The van der Waals surface area contributed by atoms with Crippen molar-refractivity contribution in [3.05, 3.63) is 17.8 Å². The van der Waals surface area contributed by atoms with E-state index in [0.29, 0.717) is 30.2 Å². The molecule has 1 saturated heterocycles. The summed E-state index contributed by atoms with van der Waals surface area (Å²) in [4.78, 5) is 30.4. The van der Waals surface area contributed by atoms with Crippen LogP contribution in [0.1, 0.15) is 5.56 Å². The van der Waals surface area contributed by atoms with Crippen LogP contribution in [0.15, 0.2) is 12.3 Å². The van der Waals surface area contributed by atoms with Gasteiger partial charge in [0.05, 0.1) is 18.8 Å². The summed E-state index contributed by atoms with van der Waals surface area (Å²) in [7, 11) is 0. The van der Waals surface area contributed by atoms with Crippen molar-refractivity contribution in [1.29, 1.82) is 0 Å². The van der Waals surface area contributed by atoms with E-state index >= 15 is 0 Å². The van der Waals surface area contributed by atoms with E-state index in [1.54, 1.807) is 12.3 Å². The fourth-order valence-electron chi connectivity index (χ4n) is 2.56. The molecular formula is C12H14N4O4. The number of anilines is 2. The Morgan fingerprint density at radius 3 is 3.00 bits per heavy atom. The molecule has 106 valence electrons. The molecule has 8 nitrogen and oxygen atoms in total. The average Bonchev–Trinajstić information content (AvgIpc) is 2.46. The molecule has 3 N–H and O–H groups in total. The second kappa shape index (κ2) is 4.64. The van der Waals surface area contributed by atoms with Crippen molar-refractivity contribution in [3.63, 3.8) is 0 Å². The molecule has 20 heavy (non-hydrogen) atoms. The lowest BCUT2D eigenvalue weighted by Gasteiger charge is -2.43. The van der Waals surface area contributed by atoms with Crippen molar-refractivity contribution in [2.75, 3.05) is 29.9 Å². The summed E-state index contributed by atoms with van der Waals surface area (Å²) in [5.74, 6) is 0.372. The number of aliphatic hydroxyl groups is 1. The summed E-state index contributed by atoms with van der Waals surface area (Å²) in [6.45, 7) is 0.737. The predicted octanol–water partition coefficient (Wildman–Crippen LogP) is -0.305. The molecule has 3 heterocycles. The molecule has 1 atom stereocenters. The minimum Gasteiger partial charge on any atom is -0.465 e. The van der Waals surface area contributed by atoms with Gasteiger partial charge in [0.25, 0.3) is 0 Å². The first-order valence-corrected chi connectivity index (χ1v) is 6.25. The summed E-state index contributed by atoms with van der Waals surface area (Å²) < 4.78 is 0. The summed E-state index contributed by atoms with van der Waals surface area (Å²) in [6.07, 6.45) is 0.531. The standard InChI is InChI=1S/C12H14N4O4/c17-6-7-3-8-10(13-4-7)16-2-1-15(12(19)20)5-9(16)11(18)14-8/h3-4,9,17H,1-2,5-6H2,(H,14,18)(H,19,20). The molecule has 0 bridgehead atoms. The van der Waals surface area contributed by atoms with Crippen LogP contribution < -0.4 is 10.2 Å². The fourth-order valence-corrected chi connectivity index (χ4v) is 2.56. The molecular weight excluding hydrogens is 264 g/mol. The molecule has 1 aromatic heterocycles. The Labute approximate surface area is 114 Å². The summed E-state index contributed by atoms with van der Waals surface area (Å²) >= 11 is 0. The van der Waals surface area contributed by atoms with Crippen LogP contribution in [0.3, 0.4) is 0 Å². The van der Waals surface area contributed by atoms with Crippen LogP contribution in [0.2, 0.25) is 0 Å². The Morgan fingerprint density at radius 2 is 2.30 bits per heavy atom. The van der Waals surface area contributed by atoms with Crippen LogP contribution >= 0.6 is 0 Å². The maximum atomic E-state index is 12.1. The number of rotatable bonds is 1. The van der Waals surface area contributed by atoms with E-state index in [1.807, 2.05) is 4.90 Å². The van der Waals surface area contributed by atoms with Gasteiger partial charge in [0.1, 0.15) is 6.04 Å². The number of nitrogens with zero attached hydrogens (tertiary/aromatic N) is 3. The number of carbonyl (C=O) groups is 2. The molecule has 0 saturated carbocycles. The van der Waals surface area contributed by atoms with Crippen molar-refractivity contribution in [3.8, 4) is 0 Å². The zero-order chi connectivity index (χ0) is 14.3. The highest BCUT2D eigenvalue weighted by Crippen LogP contribution is 2.32. The Morgan fingerprint density at radius 1 is 1.50 bits per heavy atom. The van der Waals surface area contributed by atoms with Gasteiger partial charge < -0.3 is 25.3 Å². The Hall–Kier alpha value is -2.35. The van der Waals surface area contributed by atoms with Crippen molar-refractivity contribution < 1.29 is 19.8 Å². The first-order valence-electron chi connectivity index (χ1n) is 6.25. The maximum absolute atomic E-state index is 12.1. The zero-order valence-corrected chi connectivity index (χ0v) is 10.6. The molecule has 0 radical (unpaired) electrons. The molecule has 0 spiro atoms. The number of amides is 2. The average molecular weight is 278 g/mol. The SMILES string of the molecule is O=C1Nc2cc(CO)cnc2N2CCN(C(=O)O)CC12. The molecule has 1 fully saturated rings. The molecule has 1 aromatic rings. The van der Waals surface area contributed by atoms with Crippen LogP contribution in [0.25, 0.3) is 0 Å². The van der Waals surface area contributed by atoms with Crippen LogP contribution in [0.5, 0.6) is 0 Å². The van der Waals surface area contributed by atoms with Crippen LogP contribution in [-0.4, -0.2) is 57.8 Å². The van der Waals surface area contributed by atoms with Gasteiger partial charge >= 0.3 is 6.09 Å². The molecule has 1 unspecified atom stereocenters. The zero-order valence-electron chi connectivity index (χ0n) is 10.6. The van der Waals surface area contributed by atoms with E-state index in [-0.39, 0.29) is 19.1 Å². The number of nitrogens with one attached hydrogen (secondary N) is 1. The number of piperazine rings is 1. The fraction of sp³-hybridized carbons (Fsp3) is 0.417. The molecule has 2 aliphatic rings. The van der Waals surface area contributed by atoms with Crippen LogP contribution in [0, 0.1) is 0 Å². The van der Waals surface area contributed by atoms with E-state index in [2.05, 4.69) is 10.3 Å². The van der Waals surface area contributed by atoms with Crippen LogP contribution in [-0.2, 0) is 11.4 Å². The second-order valence-corrected chi connectivity index (χ2v) is 4.80. The first kappa shape index (κ1) is 12.7. The monoisotopic (exact) mass is 278 g/mol. The van der Waals surface area contributed by atoms with E-state index in [1.165, 1.54) is 4.90 Å². The Bertz CT molecular complexity index is 577. The van der Waals surface area contributed by atoms with Gasteiger partial charge in [-0.2, -0.15) is 0 Å². The topological polar surface area (TPSA) is 106 Å². The maximum Gasteiger partial charge on any atom is 0.407 e. The predicted molar refractivity (Wildman–Crippen MR) is 69.5 cm³/mol. The highest BCUT2D eigenvalue weighted by molar-refractivity contribution is 6.03. The molecule has 3 rings (SSSR count). The van der Waals surface area contributed by atoms with Gasteiger partial charge in [-0.15, -0.1) is 0 Å². The van der Waals surface area contributed by atoms with E-state index in [4.69, 9.17) is 10.2 Å². The highest BCUT2D eigenvalue weighted by Gasteiger charge is 2.39. The quantitative estimate of drug-likeness (QED) is 0.651. The minimum absolute atomic E-state index is 0.129. The van der Waals surface area contributed by atoms with Gasteiger partial charge in [-0.25, -0.2) is 9.78 Å². The lowest BCUT2D eigenvalue weighted by molar-refractivity contribution is -0.118. The first-order chi connectivity index (χ1) is 9.60. The van der Waals surface area contributed by atoms with Gasteiger partial charge in [-0.3, -0.25) is 4.79 Å². The number of pyridine rings is 1. The smallest absolute Gasteiger partial charge is 0.407 e. The Kier molecular flexibility index (Phi) is 2.94. The number of hydrogen-bond acceptors (Lipinski definition) is 5. The van der Waals surface area contributed by atoms with E-state index in [0.717, 1.165) is 0 Å². The normalized spacial score (nSPS) is 21.1. The van der Waals surface area contributed by atoms with E-state index < -0.39 is 12.1 Å².